The number of para-hydroxylation sites is 2. The van der Waals surface area contributed by atoms with Crippen molar-refractivity contribution in [3.05, 3.63) is 60.2 Å². The van der Waals surface area contributed by atoms with E-state index in [4.69, 9.17) is 0 Å². The molecule has 1 aliphatic rings. The van der Waals surface area contributed by atoms with E-state index in [1.165, 1.54) is 0 Å². The number of anilines is 2. The molecule has 0 saturated carbocycles. The molecule has 1 heterocycles. The number of carbonyl (C=O) groups is 3. The number of hydrogen-bond donors (Lipinski definition) is 3. The first-order chi connectivity index (χ1) is 15.8. The zero-order valence-corrected chi connectivity index (χ0v) is 19.2. The van der Waals surface area contributed by atoms with E-state index in [1.54, 1.807) is 41.3 Å². The van der Waals surface area contributed by atoms with Crippen molar-refractivity contribution in [1.29, 1.82) is 0 Å². The highest BCUT2D eigenvalue weighted by molar-refractivity contribution is 7.91. The maximum atomic E-state index is 12.7. The van der Waals surface area contributed by atoms with E-state index >= 15 is 0 Å². The van der Waals surface area contributed by atoms with Crippen LogP contribution in [0.3, 0.4) is 0 Å². The summed E-state index contributed by atoms with van der Waals surface area (Å²) in [6.07, 6.45) is 0.405. The Morgan fingerprint density at radius 3 is 2.27 bits per heavy atom. The van der Waals surface area contributed by atoms with Gasteiger partial charge in [0.2, 0.25) is 11.8 Å². The van der Waals surface area contributed by atoms with Crippen LogP contribution in [-0.4, -0.2) is 68.2 Å². The summed E-state index contributed by atoms with van der Waals surface area (Å²) >= 11 is 0. The normalized spacial score (nSPS) is 16.8. The van der Waals surface area contributed by atoms with Gasteiger partial charge in [-0.2, -0.15) is 0 Å². The van der Waals surface area contributed by atoms with Gasteiger partial charge in [-0.3, -0.25) is 19.3 Å². The zero-order valence-electron chi connectivity index (χ0n) is 18.4. The lowest BCUT2D eigenvalue weighted by molar-refractivity contribution is -0.123. The molecule has 176 valence electrons. The summed E-state index contributed by atoms with van der Waals surface area (Å²) in [5.41, 5.74) is 1.33. The minimum atomic E-state index is -3.09. The Hall–Kier alpha value is -3.24. The second-order valence-electron chi connectivity index (χ2n) is 7.88. The van der Waals surface area contributed by atoms with Crippen molar-refractivity contribution in [1.82, 2.24) is 10.2 Å². The molecule has 3 N–H and O–H groups in total. The van der Waals surface area contributed by atoms with Crippen molar-refractivity contribution in [3.8, 4) is 0 Å². The molecule has 1 fully saturated rings. The summed E-state index contributed by atoms with van der Waals surface area (Å²) in [5.74, 6) is -1.01. The highest BCUT2D eigenvalue weighted by Crippen LogP contribution is 2.17. The average molecular weight is 473 g/mol. The predicted octanol–water partition coefficient (Wildman–Crippen LogP) is 1.50. The molecular formula is C23H28N4O5S. The largest absolute Gasteiger partial charge is 0.351 e. The van der Waals surface area contributed by atoms with Crippen molar-refractivity contribution in [2.45, 2.75) is 19.4 Å². The fourth-order valence-electron chi connectivity index (χ4n) is 3.57. The molecular weight excluding hydrogens is 444 g/mol. The molecule has 33 heavy (non-hydrogen) atoms. The minimum Gasteiger partial charge on any atom is -0.351 e. The van der Waals surface area contributed by atoms with Crippen LogP contribution >= 0.6 is 0 Å². The topological polar surface area (TPSA) is 125 Å². The van der Waals surface area contributed by atoms with Crippen molar-refractivity contribution in [2.24, 2.45) is 0 Å². The van der Waals surface area contributed by atoms with Gasteiger partial charge in [-0.05, 0) is 37.2 Å². The van der Waals surface area contributed by atoms with Crippen LogP contribution in [0.5, 0.6) is 0 Å². The number of carbonyl (C=O) groups excluding carboxylic acids is 3. The fraction of sp³-hybridized carbons (Fsp3) is 0.348. The van der Waals surface area contributed by atoms with Gasteiger partial charge in [0.1, 0.15) is 0 Å². The first-order valence-electron chi connectivity index (χ1n) is 10.7. The lowest BCUT2D eigenvalue weighted by Crippen LogP contribution is -2.44. The van der Waals surface area contributed by atoms with Crippen LogP contribution in [0, 0.1) is 0 Å². The van der Waals surface area contributed by atoms with Crippen LogP contribution in [0.25, 0.3) is 0 Å². The highest BCUT2D eigenvalue weighted by Gasteiger charge is 2.29. The van der Waals surface area contributed by atoms with Crippen LogP contribution in [0.4, 0.5) is 11.4 Å². The fourth-order valence-corrected chi connectivity index (χ4v) is 5.24. The number of likely N-dealkylation sites (N-methyl/N-ethyl adjacent to an activating group) is 1. The van der Waals surface area contributed by atoms with E-state index in [-0.39, 0.29) is 48.4 Å². The third-order valence-corrected chi connectivity index (χ3v) is 7.02. The Morgan fingerprint density at radius 1 is 0.939 bits per heavy atom. The molecule has 3 amide bonds. The number of sulfone groups is 1. The minimum absolute atomic E-state index is 0.0311. The van der Waals surface area contributed by atoms with Gasteiger partial charge in [-0.15, -0.1) is 0 Å². The Balaban J connectivity index is 1.56. The number of nitrogens with one attached hydrogen (secondary N) is 3. The van der Waals surface area contributed by atoms with Crippen molar-refractivity contribution in [2.75, 3.05) is 41.8 Å². The Kier molecular flexibility index (Phi) is 8.18. The van der Waals surface area contributed by atoms with Crippen molar-refractivity contribution < 1.29 is 22.8 Å². The molecule has 1 aliphatic heterocycles. The Morgan fingerprint density at radius 2 is 1.61 bits per heavy atom. The maximum absolute atomic E-state index is 12.7. The van der Waals surface area contributed by atoms with E-state index in [2.05, 4.69) is 16.0 Å². The summed E-state index contributed by atoms with van der Waals surface area (Å²) in [6, 6.07) is 15.3. The molecule has 2 aromatic rings. The van der Waals surface area contributed by atoms with Gasteiger partial charge in [0.05, 0.1) is 35.8 Å². The van der Waals surface area contributed by atoms with E-state index in [0.717, 1.165) is 0 Å². The van der Waals surface area contributed by atoms with Gasteiger partial charge in [-0.25, -0.2) is 8.42 Å². The van der Waals surface area contributed by atoms with Gasteiger partial charge in [-0.1, -0.05) is 37.3 Å². The average Bonchev–Trinajstić information content (AvgIpc) is 3.12. The summed E-state index contributed by atoms with van der Waals surface area (Å²) < 4.78 is 23.1. The quantitative estimate of drug-likeness (QED) is 0.508. The molecule has 1 saturated heterocycles. The third kappa shape index (κ3) is 7.40. The third-order valence-electron chi connectivity index (χ3n) is 5.26. The second-order valence-corrected chi connectivity index (χ2v) is 10.1. The molecule has 0 radical (unpaired) electrons. The molecule has 1 atom stereocenters. The van der Waals surface area contributed by atoms with Crippen LogP contribution in [-0.2, 0) is 19.4 Å². The smallest absolute Gasteiger partial charge is 0.257 e. The van der Waals surface area contributed by atoms with Gasteiger partial charge >= 0.3 is 0 Å². The van der Waals surface area contributed by atoms with Gasteiger partial charge in [0.25, 0.3) is 5.91 Å². The van der Waals surface area contributed by atoms with Crippen molar-refractivity contribution >= 4 is 38.9 Å². The first kappa shape index (κ1) is 24.4. The molecule has 3 rings (SSSR count). The molecule has 0 unspecified atom stereocenters. The van der Waals surface area contributed by atoms with E-state index in [0.29, 0.717) is 29.9 Å². The van der Waals surface area contributed by atoms with Crippen molar-refractivity contribution in [3.63, 3.8) is 0 Å². The van der Waals surface area contributed by atoms with Gasteiger partial charge in [0, 0.05) is 11.7 Å². The van der Waals surface area contributed by atoms with Gasteiger partial charge in [0.15, 0.2) is 9.84 Å². The Bertz CT molecular complexity index is 1100. The molecule has 0 spiro atoms. The first-order valence-corrected chi connectivity index (χ1v) is 12.6. The Labute approximate surface area is 193 Å². The summed E-state index contributed by atoms with van der Waals surface area (Å²) in [7, 11) is -3.09. The molecule has 0 bridgehead atoms. The van der Waals surface area contributed by atoms with E-state index in [1.807, 2.05) is 25.1 Å². The second kappa shape index (κ2) is 11.1. The maximum Gasteiger partial charge on any atom is 0.257 e. The lowest BCUT2D eigenvalue weighted by Gasteiger charge is -2.21. The summed E-state index contributed by atoms with van der Waals surface area (Å²) in [4.78, 5) is 39.3. The number of nitrogens with zero attached hydrogens (tertiary/aromatic N) is 1. The van der Waals surface area contributed by atoms with Crippen LogP contribution in [0.15, 0.2) is 54.6 Å². The van der Waals surface area contributed by atoms with Crippen LogP contribution in [0.1, 0.15) is 23.7 Å². The summed E-state index contributed by atoms with van der Waals surface area (Å²) in [5, 5.41) is 8.27. The molecule has 9 nitrogen and oxygen atoms in total. The molecule has 0 aromatic heterocycles. The summed E-state index contributed by atoms with van der Waals surface area (Å²) in [6.45, 7) is 2.18. The molecule has 2 aromatic carbocycles. The van der Waals surface area contributed by atoms with Gasteiger partial charge < -0.3 is 16.0 Å². The van der Waals surface area contributed by atoms with Crippen LogP contribution < -0.4 is 16.0 Å². The lowest BCUT2D eigenvalue weighted by atomic mass is 10.1. The SMILES string of the molecule is CCN(CC(=O)Nc1ccccc1C(=O)Nc1ccccc1)CC(=O)N[C@@H]1CCS(=O)(=O)C1. The molecule has 10 heteroatoms. The standard InChI is InChI=1S/C23H28N4O5S/c1-2-27(14-21(28)24-18-12-13-33(31,32)16-18)15-22(29)26-20-11-7-6-10-19(20)23(30)25-17-8-4-3-5-9-17/h3-11,18H,2,12-16H2,1H3,(H,24,28)(H,25,30)(H,26,29)/t18-/m1/s1. The number of rotatable bonds is 9. The van der Waals surface area contributed by atoms with E-state index in [9.17, 15) is 22.8 Å². The number of amides is 3. The zero-order chi connectivity index (χ0) is 23.8. The number of hydrogen-bond acceptors (Lipinski definition) is 6. The number of benzene rings is 2. The highest BCUT2D eigenvalue weighted by atomic mass is 32.2. The monoisotopic (exact) mass is 472 g/mol. The van der Waals surface area contributed by atoms with E-state index < -0.39 is 9.84 Å². The predicted molar refractivity (Wildman–Crippen MR) is 127 cm³/mol. The molecule has 0 aliphatic carbocycles. The van der Waals surface area contributed by atoms with Crippen LogP contribution in [0.2, 0.25) is 0 Å².